The molecule has 0 fully saturated rings. The van der Waals surface area contributed by atoms with Gasteiger partial charge in [0.25, 0.3) is 0 Å². The molecule has 0 saturated heterocycles. The minimum atomic E-state index is -0.334. The lowest BCUT2D eigenvalue weighted by molar-refractivity contribution is 0.627. The highest BCUT2D eigenvalue weighted by Gasteiger charge is 2.12. The van der Waals surface area contributed by atoms with E-state index >= 15 is 0 Å². The van der Waals surface area contributed by atoms with Gasteiger partial charge in [-0.15, -0.1) is 0 Å². The summed E-state index contributed by atoms with van der Waals surface area (Å²) in [6.45, 7) is 2.07. The van der Waals surface area contributed by atoms with Crippen molar-refractivity contribution in [3.8, 4) is 11.4 Å². The van der Waals surface area contributed by atoms with Crippen LogP contribution in [0.2, 0.25) is 5.15 Å². The number of rotatable bonds is 3. The first-order valence-electron chi connectivity index (χ1n) is 5.69. The number of aryl methyl sites for hydroxylation is 1. The van der Waals surface area contributed by atoms with Crippen LogP contribution in [-0.4, -0.2) is 9.97 Å². The van der Waals surface area contributed by atoms with Gasteiger partial charge in [-0.05, 0) is 47.2 Å². The Morgan fingerprint density at radius 1 is 1.32 bits per heavy atom. The maximum absolute atomic E-state index is 13.4. The van der Waals surface area contributed by atoms with Crippen LogP contribution in [0, 0.1) is 9.39 Å². The topological polar surface area (TPSA) is 25.8 Å². The average molecular weight is 455 g/mol. The van der Waals surface area contributed by atoms with Crippen molar-refractivity contribution in [1.29, 1.82) is 0 Å². The fourth-order valence-electron chi connectivity index (χ4n) is 1.68. The number of hydrogen-bond acceptors (Lipinski definition) is 2. The lowest BCUT2D eigenvalue weighted by Crippen LogP contribution is -2.01. The molecule has 0 amide bonds. The zero-order chi connectivity index (χ0) is 14.0. The number of aromatic nitrogens is 2. The highest BCUT2D eigenvalue weighted by molar-refractivity contribution is 14.1. The van der Waals surface area contributed by atoms with E-state index in [4.69, 9.17) is 11.6 Å². The van der Waals surface area contributed by atoms with E-state index in [2.05, 4.69) is 55.4 Å². The Balaban J connectivity index is 2.55. The summed E-state index contributed by atoms with van der Waals surface area (Å²) >= 11 is 11.5. The molecule has 2 aromatic rings. The van der Waals surface area contributed by atoms with Crippen molar-refractivity contribution in [2.24, 2.45) is 0 Å². The Hall–Kier alpha value is -0.270. The summed E-state index contributed by atoms with van der Waals surface area (Å²) in [6.07, 6.45) is 1.79. The Morgan fingerprint density at radius 2 is 2.05 bits per heavy atom. The predicted molar refractivity (Wildman–Crippen MR) is 86.8 cm³/mol. The van der Waals surface area contributed by atoms with E-state index in [0.717, 1.165) is 22.1 Å². The van der Waals surface area contributed by atoms with Crippen LogP contribution in [-0.2, 0) is 6.42 Å². The lowest BCUT2D eigenvalue weighted by atomic mass is 10.2. The molecule has 0 spiro atoms. The SMILES string of the molecule is CCCc1nc(-c2cc(F)cc(Br)c2)nc(Cl)c1I. The molecule has 19 heavy (non-hydrogen) atoms. The molecule has 0 N–H and O–H groups in total. The second kappa shape index (κ2) is 6.45. The Morgan fingerprint density at radius 3 is 2.68 bits per heavy atom. The zero-order valence-electron chi connectivity index (χ0n) is 10.1. The van der Waals surface area contributed by atoms with E-state index < -0.39 is 0 Å². The molecule has 1 heterocycles. The predicted octanol–water partition coefficient (Wildman–Crippen LogP) is 5.26. The van der Waals surface area contributed by atoms with Crippen LogP contribution >= 0.6 is 50.1 Å². The second-order valence-electron chi connectivity index (χ2n) is 4.01. The van der Waals surface area contributed by atoms with Crippen LogP contribution in [0.4, 0.5) is 4.39 Å². The third-order valence-electron chi connectivity index (χ3n) is 2.49. The number of nitrogens with zero attached hydrogens (tertiary/aromatic N) is 2. The van der Waals surface area contributed by atoms with E-state index in [9.17, 15) is 4.39 Å². The molecule has 0 unspecified atom stereocenters. The van der Waals surface area contributed by atoms with Crippen LogP contribution in [0.5, 0.6) is 0 Å². The molecular weight excluding hydrogens is 445 g/mol. The van der Waals surface area contributed by atoms with E-state index in [1.54, 1.807) is 6.07 Å². The first kappa shape index (κ1) is 15.1. The van der Waals surface area contributed by atoms with Crippen LogP contribution in [0.3, 0.4) is 0 Å². The third-order valence-corrected chi connectivity index (χ3v) is 4.67. The van der Waals surface area contributed by atoms with Crippen LogP contribution in [0.1, 0.15) is 19.0 Å². The molecule has 6 heteroatoms. The molecule has 1 aromatic carbocycles. The van der Waals surface area contributed by atoms with Gasteiger partial charge in [-0.3, -0.25) is 0 Å². The van der Waals surface area contributed by atoms with Gasteiger partial charge in [0, 0.05) is 10.0 Å². The standard InChI is InChI=1S/C13H10BrClFIN2/c1-2-3-10-11(17)12(15)19-13(18-10)7-4-8(14)6-9(16)5-7/h4-6H,2-3H2,1H3. The van der Waals surface area contributed by atoms with E-state index in [1.807, 2.05) is 0 Å². The molecule has 0 aliphatic carbocycles. The molecule has 1 aromatic heterocycles. The molecule has 0 saturated carbocycles. The summed E-state index contributed by atoms with van der Waals surface area (Å²) in [7, 11) is 0. The Kier molecular flexibility index (Phi) is 5.14. The summed E-state index contributed by atoms with van der Waals surface area (Å²) in [4.78, 5) is 8.71. The van der Waals surface area contributed by atoms with Crippen molar-refractivity contribution in [1.82, 2.24) is 9.97 Å². The van der Waals surface area contributed by atoms with Gasteiger partial charge >= 0.3 is 0 Å². The third kappa shape index (κ3) is 3.64. The fourth-order valence-corrected chi connectivity index (χ4v) is 2.84. The monoisotopic (exact) mass is 454 g/mol. The smallest absolute Gasteiger partial charge is 0.161 e. The Labute approximate surface area is 138 Å². The van der Waals surface area contributed by atoms with E-state index in [-0.39, 0.29) is 5.82 Å². The quantitative estimate of drug-likeness (QED) is 0.466. The molecule has 0 aliphatic rings. The molecule has 0 atom stereocenters. The van der Waals surface area contributed by atoms with Crippen molar-refractivity contribution in [2.45, 2.75) is 19.8 Å². The van der Waals surface area contributed by atoms with Crippen molar-refractivity contribution >= 4 is 50.1 Å². The van der Waals surface area contributed by atoms with Crippen LogP contribution in [0.25, 0.3) is 11.4 Å². The largest absolute Gasteiger partial charge is 0.232 e. The summed E-state index contributed by atoms with van der Waals surface area (Å²) in [5.41, 5.74) is 1.51. The Bertz CT molecular complexity index is 602. The summed E-state index contributed by atoms with van der Waals surface area (Å²) in [5, 5.41) is 0.412. The van der Waals surface area contributed by atoms with Gasteiger partial charge in [0.05, 0.1) is 9.26 Å². The van der Waals surface area contributed by atoms with Gasteiger partial charge in [-0.25, -0.2) is 14.4 Å². The van der Waals surface area contributed by atoms with E-state index in [0.29, 0.717) is 21.0 Å². The summed E-state index contributed by atoms with van der Waals surface area (Å²) in [5.74, 6) is 0.119. The number of halogens is 4. The molecule has 2 rings (SSSR count). The maximum Gasteiger partial charge on any atom is 0.161 e. The highest BCUT2D eigenvalue weighted by Crippen LogP contribution is 2.27. The molecule has 0 aliphatic heterocycles. The zero-order valence-corrected chi connectivity index (χ0v) is 14.6. The molecule has 0 bridgehead atoms. The lowest BCUT2D eigenvalue weighted by Gasteiger charge is -2.08. The molecular formula is C13H10BrClFIN2. The average Bonchev–Trinajstić information content (AvgIpc) is 2.33. The summed E-state index contributed by atoms with van der Waals surface area (Å²) < 4.78 is 14.9. The molecule has 2 nitrogen and oxygen atoms in total. The van der Waals surface area contributed by atoms with Gasteiger partial charge in [-0.1, -0.05) is 40.9 Å². The second-order valence-corrected chi connectivity index (χ2v) is 6.36. The minimum Gasteiger partial charge on any atom is -0.232 e. The molecule has 0 radical (unpaired) electrons. The van der Waals surface area contributed by atoms with Gasteiger partial charge in [0.1, 0.15) is 11.0 Å². The van der Waals surface area contributed by atoms with Crippen LogP contribution < -0.4 is 0 Å². The highest BCUT2D eigenvalue weighted by atomic mass is 127. The molecule has 100 valence electrons. The van der Waals surface area contributed by atoms with Gasteiger partial charge in [-0.2, -0.15) is 0 Å². The van der Waals surface area contributed by atoms with Gasteiger partial charge in [0.15, 0.2) is 5.82 Å². The first-order chi connectivity index (χ1) is 9.01. The summed E-state index contributed by atoms with van der Waals surface area (Å²) in [6, 6.07) is 4.57. The van der Waals surface area contributed by atoms with Gasteiger partial charge < -0.3 is 0 Å². The van der Waals surface area contributed by atoms with Crippen LogP contribution in [0.15, 0.2) is 22.7 Å². The fraction of sp³-hybridized carbons (Fsp3) is 0.231. The number of hydrogen-bond donors (Lipinski definition) is 0. The normalized spacial score (nSPS) is 10.8. The van der Waals surface area contributed by atoms with Crippen molar-refractivity contribution < 1.29 is 4.39 Å². The van der Waals surface area contributed by atoms with Crippen molar-refractivity contribution in [3.05, 3.63) is 42.9 Å². The first-order valence-corrected chi connectivity index (χ1v) is 7.94. The van der Waals surface area contributed by atoms with Gasteiger partial charge in [0.2, 0.25) is 0 Å². The van der Waals surface area contributed by atoms with E-state index in [1.165, 1.54) is 12.1 Å². The minimum absolute atomic E-state index is 0.334. The van der Waals surface area contributed by atoms with Crippen molar-refractivity contribution in [2.75, 3.05) is 0 Å². The van der Waals surface area contributed by atoms with Crippen molar-refractivity contribution in [3.63, 3.8) is 0 Å². The maximum atomic E-state index is 13.4. The number of benzene rings is 1.